The molecule has 0 spiro atoms. The molecule has 0 radical (unpaired) electrons. The molecule has 0 saturated carbocycles. The highest BCUT2D eigenvalue weighted by Gasteiger charge is 2.31. The predicted molar refractivity (Wildman–Crippen MR) is 121 cm³/mol. The summed E-state index contributed by atoms with van der Waals surface area (Å²) in [5, 5.41) is 1.15. The molecule has 1 saturated heterocycles. The van der Waals surface area contributed by atoms with Gasteiger partial charge in [0, 0.05) is 37.3 Å². The average Bonchev–Trinajstić information content (AvgIpc) is 3.17. The van der Waals surface area contributed by atoms with E-state index < -0.39 is 10.0 Å². The standard InChI is InChI=1S/C24H27N3O3S/c1-17-10-11-22-21(16-17)19-8-5-9-20(23(19)25-22)24(28)26-12-14-27(15-13-26)31(29,30)18-6-3-2-4-7-18/h2-9,17,25H,10-16H2,1H3. The molecule has 1 aliphatic heterocycles. The van der Waals surface area contributed by atoms with E-state index in [0.29, 0.717) is 42.6 Å². The van der Waals surface area contributed by atoms with Crippen molar-refractivity contribution in [3.8, 4) is 0 Å². The van der Waals surface area contributed by atoms with Crippen LogP contribution in [0.25, 0.3) is 10.9 Å². The lowest BCUT2D eigenvalue weighted by Gasteiger charge is -2.34. The SMILES string of the molecule is CC1CCc2[nH]c3c(C(=O)N4CCN(S(=O)(=O)c5ccccc5)CC4)cccc3c2C1. The Morgan fingerprint density at radius 3 is 2.48 bits per heavy atom. The van der Waals surface area contributed by atoms with Gasteiger partial charge in [-0.2, -0.15) is 4.31 Å². The van der Waals surface area contributed by atoms with E-state index in [0.717, 1.165) is 23.7 Å². The highest BCUT2D eigenvalue weighted by atomic mass is 32.2. The Labute approximate surface area is 182 Å². The van der Waals surface area contributed by atoms with E-state index in [2.05, 4.69) is 18.0 Å². The Balaban J connectivity index is 1.36. The Morgan fingerprint density at radius 1 is 1.00 bits per heavy atom. The maximum atomic E-state index is 13.4. The number of hydrogen-bond acceptors (Lipinski definition) is 3. The molecule has 7 heteroatoms. The number of carbonyl (C=O) groups is 1. The van der Waals surface area contributed by atoms with Crippen molar-refractivity contribution < 1.29 is 13.2 Å². The number of hydrogen-bond donors (Lipinski definition) is 1. The quantitative estimate of drug-likeness (QED) is 0.682. The molecule has 162 valence electrons. The van der Waals surface area contributed by atoms with Gasteiger partial charge in [0.1, 0.15) is 0 Å². The molecule has 2 aliphatic rings. The largest absolute Gasteiger partial charge is 0.358 e. The molecule has 1 atom stereocenters. The Hall–Kier alpha value is -2.64. The van der Waals surface area contributed by atoms with Crippen LogP contribution < -0.4 is 0 Å². The zero-order chi connectivity index (χ0) is 21.6. The lowest BCUT2D eigenvalue weighted by atomic mass is 9.87. The highest BCUT2D eigenvalue weighted by Crippen LogP contribution is 2.33. The van der Waals surface area contributed by atoms with Gasteiger partial charge in [-0.15, -0.1) is 0 Å². The third-order valence-electron chi connectivity index (χ3n) is 6.61. The van der Waals surface area contributed by atoms with Crippen molar-refractivity contribution in [1.82, 2.24) is 14.2 Å². The van der Waals surface area contributed by atoms with Crippen molar-refractivity contribution >= 4 is 26.8 Å². The third-order valence-corrected chi connectivity index (χ3v) is 8.52. The fourth-order valence-corrected chi connectivity index (χ4v) is 6.28. The molecule has 1 amide bonds. The number of H-pyrrole nitrogens is 1. The Morgan fingerprint density at radius 2 is 1.74 bits per heavy atom. The second-order valence-corrected chi connectivity index (χ2v) is 10.6. The first-order valence-corrected chi connectivity index (χ1v) is 12.4. The van der Waals surface area contributed by atoms with Gasteiger partial charge in [0.25, 0.3) is 5.91 Å². The van der Waals surface area contributed by atoms with E-state index in [4.69, 9.17) is 0 Å². The minimum Gasteiger partial charge on any atom is -0.358 e. The number of amides is 1. The first-order chi connectivity index (χ1) is 14.9. The maximum Gasteiger partial charge on any atom is 0.256 e. The van der Waals surface area contributed by atoms with Crippen molar-refractivity contribution in [2.75, 3.05) is 26.2 Å². The molecule has 5 rings (SSSR count). The topological polar surface area (TPSA) is 73.5 Å². The summed E-state index contributed by atoms with van der Waals surface area (Å²) in [6.45, 7) is 3.66. The lowest BCUT2D eigenvalue weighted by molar-refractivity contribution is 0.0699. The van der Waals surface area contributed by atoms with E-state index in [1.165, 1.54) is 22.0 Å². The van der Waals surface area contributed by atoms with Crippen molar-refractivity contribution in [3.05, 3.63) is 65.4 Å². The van der Waals surface area contributed by atoms with Gasteiger partial charge in [-0.3, -0.25) is 4.79 Å². The van der Waals surface area contributed by atoms with Crippen LogP contribution >= 0.6 is 0 Å². The fourth-order valence-electron chi connectivity index (χ4n) is 4.84. The summed E-state index contributed by atoms with van der Waals surface area (Å²) in [5.74, 6) is 0.625. The normalized spacial score (nSPS) is 20.0. The van der Waals surface area contributed by atoms with Gasteiger partial charge in [0.05, 0.1) is 16.0 Å². The summed E-state index contributed by atoms with van der Waals surface area (Å²) >= 11 is 0. The second-order valence-electron chi connectivity index (χ2n) is 8.67. The van der Waals surface area contributed by atoms with Crippen LogP contribution in [0.2, 0.25) is 0 Å². The zero-order valence-electron chi connectivity index (χ0n) is 17.7. The molecule has 6 nitrogen and oxygen atoms in total. The molecule has 3 aromatic rings. The highest BCUT2D eigenvalue weighted by molar-refractivity contribution is 7.89. The minimum atomic E-state index is -3.53. The molecule has 1 aromatic heterocycles. The number of para-hydroxylation sites is 1. The number of nitrogens with one attached hydrogen (secondary N) is 1. The van der Waals surface area contributed by atoms with Gasteiger partial charge in [0.2, 0.25) is 10.0 Å². The summed E-state index contributed by atoms with van der Waals surface area (Å²) in [6.07, 6.45) is 3.23. The van der Waals surface area contributed by atoms with Crippen LogP contribution in [0.3, 0.4) is 0 Å². The van der Waals surface area contributed by atoms with E-state index in [9.17, 15) is 13.2 Å². The van der Waals surface area contributed by atoms with E-state index >= 15 is 0 Å². The number of nitrogens with zero attached hydrogens (tertiary/aromatic N) is 2. The molecule has 1 unspecified atom stereocenters. The first-order valence-electron chi connectivity index (χ1n) is 10.9. The van der Waals surface area contributed by atoms with E-state index in [1.54, 1.807) is 35.2 Å². The minimum absolute atomic E-state index is 0.0333. The van der Waals surface area contributed by atoms with Crippen LogP contribution in [0.4, 0.5) is 0 Å². The Kier molecular flexibility index (Phi) is 5.10. The van der Waals surface area contributed by atoms with Crippen LogP contribution in [0.15, 0.2) is 53.4 Å². The van der Waals surface area contributed by atoms with Gasteiger partial charge >= 0.3 is 0 Å². The van der Waals surface area contributed by atoms with Gasteiger partial charge < -0.3 is 9.88 Å². The summed E-state index contributed by atoms with van der Waals surface area (Å²) in [7, 11) is -3.53. The van der Waals surface area contributed by atoms with Crippen molar-refractivity contribution in [2.45, 2.75) is 31.1 Å². The molecular weight excluding hydrogens is 410 g/mol. The number of sulfonamides is 1. The van der Waals surface area contributed by atoms with Gasteiger partial charge in [0.15, 0.2) is 0 Å². The summed E-state index contributed by atoms with van der Waals surface area (Å²) in [5.41, 5.74) is 4.21. The van der Waals surface area contributed by atoms with Crippen molar-refractivity contribution in [3.63, 3.8) is 0 Å². The zero-order valence-corrected chi connectivity index (χ0v) is 18.5. The van der Waals surface area contributed by atoms with Crippen LogP contribution in [0.1, 0.15) is 35.0 Å². The van der Waals surface area contributed by atoms with Crippen LogP contribution in [0.5, 0.6) is 0 Å². The third kappa shape index (κ3) is 3.55. The van der Waals surface area contributed by atoms with Gasteiger partial charge in [-0.1, -0.05) is 37.3 Å². The van der Waals surface area contributed by atoms with Crippen molar-refractivity contribution in [1.29, 1.82) is 0 Å². The monoisotopic (exact) mass is 437 g/mol. The van der Waals surface area contributed by atoms with Crippen LogP contribution in [0, 0.1) is 5.92 Å². The van der Waals surface area contributed by atoms with Crippen molar-refractivity contribution in [2.24, 2.45) is 5.92 Å². The van der Waals surface area contributed by atoms with Crippen LogP contribution in [-0.2, 0) is 22.9 Å². The maximum absolute atomic E-state index is 13.4. The van der Waals surface area contributed by atoms with Gasteiger partial charge in [-0.05, 0) is 48.9 Å². The fraction of sp³-hybridized carbons (Fsp3) is 0.375. The molecule has 2 aromatic carbocycles. The number of aryl methyl sites for hydroxylation is 1. The number of piperazine rings is 1. The van der Waals surface area contributed by atoms with E-state index in [-0.39, 0.29) is 5.91 Å². The molecule has 1 aliphatic carbocycles. The number of aromatic amines is 1. The van der Waals surface area contributed by atoms with Crippen LogP contribution in [-0.4, -0.2) is 54.7 Å². The smallest absolute Gasteiger partial charge is 0.256 e. The molecule has 31 heavy (non-hydrogen) atoms. The summed E-state index contributed by atoms with van der Waals surface area (Å²) < 4.78 is 27.2. The second kappa shape index (κ2) is 7.80. The Bertz CT molecular complexity index is 1230. The molecule has 2 heterocycles. The number of carbonyl (C=O) groups excluding carboxylic acids is 1. The molecule has 0 bridgehead atoms. The summed E-state index contributed by atoms with van der Waals surface area (Å²) in [6, 6.07) is 14.4. The molecular formula is C24H27N3O3S. The lowest BCUT2D eigenvalue weighted by Crippen LogP contribution is -2.50. The van der Waals surface area contributed by atoms with Gasteiger partial charge in [-0.25, -0.2) is 8.42 Å². The predicted octanol–water partition coefficient (Wildman–Crippen LogP) is 3.44. The molecule has 1 fully saturated rings. The number of rotatable bonds is 3. The average molecular weight is 438 g/mol. The summed E-state index contributed by atoms with van der Waals surface area (Å²) in [4.78, 5) is 19.0. The number of fused-ring (bicyclic) bond motifs is 3. The van der Waals surface area contributed by atoms with E-state index in [1.807, 2.05) is 12.1 Å². The first kappa shape index (κ1) is 20.3. The number of aromatic nitrogens is 1. The molecule has 1 N–H and O–H groups in total. The number of benzene rings is 2.